The van der Waals surface area contributed by atoms with Crippen LogP contribution in [-0.4, -0.2) is 31.1 Å². The predicted octanol–water partition coefficient (Wildman–Crippen LogP) is 2.17. The molecule has 0 fully saturated rings. The summed E-state index contributed by atoms with van der Waals surface area (Å²) in [5.74, 6) is -0.993. The molecule has 2 heterocycles. The van der Waals surface area contributed by atoms with Gasteiger partial charge < -0.3 is 5.11 Å². The number of aryl methyl sites for hydroxylation is 1. The zero-order valence-corrected chi connectivity index (χ0v) is 11.9. The summed E-state index contributed by atoms with van der Waals surface area (Å²) in [4.78, 5) is 15.6. The number of thiazole rings is 1. The minimum atomic E-state index is -1.04. The normalized spacial score (nSPS) is 11.2. The smallest absolute Gasteiger partial charge is 0.358 e. The average Bonchev–Trinajstić information content (AvgIpc) is 2.95. The molecule has 0 saturated carbocycles. The standard InChI is InChI=1S/C12H16N4O2S/c1-4-9-13-8(6-19-9)5-16-11(7(2)3)10(12(17)18)14-15-16/h6-7H,4-5H2,1-3H3,(H,17,18). The number of carboxylic acids is 1. The maximum Gasteiger partial charge on any atom is 0.358 e. The van der Waals surface area contributed by atoms with Gasteiger partial charge in [0, 0.05) is 5.38 Å². The maximum atomic E-state index is 11.1. The van der Waals surface area contributed by atoms with Crippen molar-refractivity contribution in [3.63, 3.8) is 0 Å². The lowest BCUT2D eigenvalue weighted by Gasteiger charge is -2.08. The summed E-state index contributed by atoms with van der Waals surface area (Å²) in [6, 6.07) is 0. The Hall–Kier alpha value is -1.76. The molecule has 0 aliphatic heterocycles. The van der Waals surface area contributed by atoms with E-state index in [4.69, 9.17) is 5.11 Å². The van der Waals surface area contributed by atoms with Crippen LogP contribution >= 0.6 is 11.3 Å². The zero-order valence-electron chi connectivity index (χ0n) is 11.1. The van der Waals surface area contributed by atoms with Crippen molar-refractivity contribution in [2.24, 2.45) is 0 Å². The second-order valence-corrected chi connectivity index (χ2v) is 5.47. The van der Waals surface area contributed by atoms with Crippen molar-refractivity contribution in [1.82, 2.24) is 20.0 Å². The summed E-state index contributed by atoms with van der Waals surface area (Å²) in [7, 11) is 0. The monoisotopic (exact) mass is 280 g/mol. The molecule has 0 amide bonds. The van der Waals surface area contributed by atoms with E-state index in [9.17, 15) is 4.79 Å². The molecular weight excluding hydrogens is 264 g/mol. The number of nitrogens with zero attached hydrogens (tertiary/aromatic N) is 4. The topological polar surface area (TPSA) is 80.9 Å². The van der Waals surface area contributed by atoms with Gasteiger partial charge in [-0.1, -0.05) is 26.0 Å². The Balaban J connectivity index is 2.32. The molecule has 0 atom stereocenters. The van der Waals surface area contributed by atoms with Crippen LogP contribution in [0.15, 0.2) is 5.38 Å². The van der Waals surface area contributed by atoms with E-state index >= 15 is 0 Å². The fraction of sp³-hybridized carbons (Fsp3) is 0.500. The van der Waals surface area contributed by atoms with Crippen molar-refractivity contribution in [2.45, 2.75) is 39.7 Å². The summed E-state index contributed by atoms with van der Waals surface area (Å²) >= 11 is 1.61. The Bertz CT molecular complexity index is 588. The fourth-order valence-electron chi connectivity index (χ4n) is 1.90. The molecule has 1 N–H and O–H groups in total. The molecule has 0 unspecified atom stereocenters. The van der Waals surface area contributed by atoms with Gasteiger partial charge in [0.2, 0.25) is 0 Å². The molecule has 2 aromatic heterocycles. The quantitative estimate of drug-likeness (QED) is 0.907. The number of hydrogen-bond acceptors (Lipinski definition) is 5. The lowest BCUT2D eigenvalue weighted by molar-refractivity contribution is 0.0688. The van der Waals surface area contributed by atoms with Crippen molar-refractivity contribution in [2.75, 3.05) is 0 Å². The zero-order chi connectivity index (χ0) is 14.0. The van der Waals surface area contributed by atoms with Gasteiger partial charge in [-0.15, -0.1) is 16.4 Å². The highest BCUT2D eigenvalue weighted by molar-refractivity contribution is 7.09. The summed E-state index contributed by atoms with van der Waals surface area (Å²) < 4.78 is 1.63. The summed E-state index contributed by atoms with van der Waals surface area (Å²) in [5, 5.41) is 19.8. The van der Waals surface area contributed by atoms with Crippen LogP contribution in [0.1, 0.15) is 53.6 Å². The molecule has 0 bridgehead atoms. The van der Waals surface area contributed by atoms with Gasteiger partial charge in [0.25, 0.3) is 0 Å². The third kappa shape index (κ3) is 2.81. The van der Waals surface area contributed by atoms with Gasteiger partial charge in [-0.3, -0.25) is 0 Å². The Morgan fingerprint density at radius 3 is 2.79 bits per heavy atom. The molecule has 0 aromatic carbocycles. The predicted molar refractivity (Wildman–Crippen MR) is 71.7 cm³/mol. The molecule has 2 rings (SSSR count). The number of hydrogen-bond donors (Lipinski definition) is 1. The number of rotatable bonds is 5. The lowest BCUT2D eigenvalue weighted by Crippen LogP contribution is -2.11. The summed E-state index contributed by atoms with van der Waals surface area (Å²) in [6.07, 6.45) is 0.902. The molecular formula is C12H16N4O2S. The molecule has 102 valence electrons. The highest BCUT2D eigenvalue weighted by atomic mass is 32.1. The van der Waals surface area contributed by atoms with Crippen LogP contribution in [0.5, 0.6) is 0 Å². The van der Waals surface area contributed by atoms with E-state index in [2.05, 4.69) is 22.2 Å². The van der Waals surface area contributed by atoms with Crippen molar-refractivity contribution < 1.29 is 9.90 Å². The van der Waals surface area contributed by atoms with E-state index in [1.165, 1.54) is 0 Å². The molecule has 0 saturated heterocycles. The first-order valence-corrected chi connectivity index (χ1v) is 7.00. The van der Waals surface area contributed by atoms with Crippen LogP contribution in [-0.2, 0) is 13.0 Å². The minimum absolute atomic E-state index is 0.0287. The van der Waals surface area contributed by atoms with Crippen LogP contribution in [0, 0.1) is 0 Å². The van der Waals surface area contributed by atoms with Crippen LogP contribution in [0.2, 0.25) is 0 Å². The molecule has 0 spiro atoms. The van der Waals surface area contributed by atoms with Crippen molar-refractivity contribution in [1.29, 1.82) is 0 Å². The Kier molecular flexibility index (Phi) is 3.94. The van der Waals surface area contributed by atoms with E-state index in [1.54, 1.807) is 16.0 Å². The molecule has 0 radical (unpaired) electrons. The molecule has 0 aliphatic carbocycles. The number of carbonyl (C=O) groups is 1. The van der Waals surface area contributed by atoms with Gasteiger partial charge in [0.15, 0.2) is 5.69 Å². The third-order valence-corrected chi connectivity index (χ3v) is 3.78. The molecule has 6 nitrogen and oxygen atoms in total. The van der Waals surface area contributed by atoms with Gasteiger partial charge in [-0.2, -0.15) is 0 Å². The Morgan fingerprint density at radius 1 is 1.53 bits per heavy atom. The second-order valence-electron chi connectivity index (χ2n) is 4.53. The largest absolute Gasteiger partial charge is 0.476 e. The Morgan fingerprint density at radius 2 is 2.26 bits per heavy atom. The SMILES string of the molecule is CCc1nc(Cn2nnc(C(=O)O)c2C(C)C)cs1. The van der Waals surface area contributed by atoms with Gasteiger partial charge in [-0.25, -0.2) is 14.5 Å². The fourth-order valence-corrected chi connectivity index (χ4v) is 2.63. The van der Waals surface area contributed by atoms with Crippen molar-refractivity contribution in [3.05, 3.63) is 27.5 Å². The van der Waals surface area contributed by atoms with Gasteiger partial charge in [-0.05, 0) is 12.3 Å². The molecule has 0 aliphatic rings. The van der Waals surface area contributed by atoms with E-state index in [-0.39, 0.29) is 11.6 Å². The third-order valence-electron chi connectivity index (χ3n) is 2.74. The second kappa shape index (κ2) is 5.48. The van der Waals surface area contributed by atoms with Gasteiger partial charge in [0.1, 0.15) is 0 Å². The lowest BCUT2D eigenvalue weighted by atomic mass is 10.1. The van der Waals surface area contributed by atoms with Crippen molar-refractivity contribution >= 4 is 17.3 Å². The van der Waals surface area contributed by atoms with Gasteiger partial charge in [0.05, 0.1) is 22.9 Å². The first kappa shape index (κ1) is 13.7. The highest BCUT2D eigenvalue weighted by Gasteiger charge is 2.21. The van der Waals surface area contributed by atoms with E-state index < -0.39 is 5.97 Å². The number of carboxylic acid groups (broad SMARTS) is 1. The van der Waals surface area contributed by atoms with Crippen molar-refractivity contribution in [3.8, 4) is 0 Å². The number of aromatic carboxylic acids is 1. The van der Waals surface area contributed by atoms with Crippen LogP contribution < -0.4 is 0 Å². The number of aromatic nitrogens is 4. The van der Waals surface area contributed by atoms with E-state index in [0.29, 0.717) is 12.2 Å². The summed E-state index contributed by atoms with van der Waals surface area (Å²) in [6.45, 7) is 6.38. The summed E-state index contributed by atoms with van der Waals surface area (Å²) in [5.41, 5.74) is 1.56. The van der Waals surface area contributed by atoms with Gasteiger partial charge >= 0.3 is 5.97 Å². The van der Waals surface area contributed by atoms with Crippen LogP contribution in [0.25, 0.3) is 0 Å². The Labute approximate surface area is 115 Å². The highest BCUT2D eigenvalue weighted by Crippen LogP contribution is 2.19. The molecule has 2 aromatic rings. The molecule has 7 heteroatoms. The first-order valence-electron chi connectivity index (χ1n) is 6.12. The van der Waals surface area contributed by atoms with E-state index in [1.807, 2.05) is 19.2 Å². The van der Waals surface area contributed by atoms with Crippen LogP contribution in [0.3, 0.4) is 0 Å². The minimum Gasteiger partial charge on any atom is -0.476 e. The maximum absolute atomic E-state index is 11.1. The van der Waals surface area contributed by atoms with Crippen LogP contribution in [0.4, 0.5) is 0 Å². The first-order chi connectivity index (χ1) is 9.02. The molecule has 19 heavy (non-hydrogen) atoms. The average molecular weight is 280 g/mol. The van der Waals surface area contributed by atoms with E-state index in [0.717, 1.165) is 17.1 Å².